The summed E-state index contributed by atoms with van der Waals surface area (Å²) in [5, 5.41) is 9.64. The van der Waals surface area contributed by atoms with Crippen LogP contribution in [0.25, 0.3) is 0 Å². The molecule has 5 nitrogen and oxygen atoms in total. The molecule has 0 aliphatic heterocycles. The number of hydrogen-bond acceptors (Lipinski definition) is 5. The summed E-state index contributed by atoms with van der Waals surface area (Å²) < 4.78 is 15.4. The van der Waals surface area contributed by atoms with Gasteiger partial charge in [0.25, 0.3) is 0 Å². The first-order valence-electron chi connectivity index (χ1n) is 6.12. The van der Waals surface area contributed by atoms with Crippen LogP contribution in [0.3, 0.4) is 0 Å². The van der Waals surface area contributed by atoms with E-state index in [1.54, 1.807) is 39.0 Å². The van der Waals surface area contributed by atoms with Crippen LogP contribution >= 0.6 is 0 Å². The molecule has 19 heavy (non-hydrogen) atoms. The van der Waals surface area contributed by atoms with Gasteiger partial charge in [0.2, 0.25) is 0 Å². The van der Waals surface area contributed by atoms with Gasteiger partial charge in [0.1, 0.15) is 11.5 Å². The number of benzene rings is 1. The van der Waals surface area contributed by atoms with Gasteiger partial charge >= 0.3 is 5.97 Å². The number of hydrogen-bond donors (Lipinski definition) is 1. The van der Waals surface area contributed by atoms with Crippen LogP contribution in [0.1, 0.15) is 32.4 Å². The van der Waals surface area contributed by atoms with Gasteiger partial charge in [-0.15, -0.1) is 0 Å². The minimum Gasteiger partial charge on any atom is -0.497 e. The van der Waals surface area contributed by atoms with Crippen molar-refractivity contribution in [2.45, 2.75) is 33.0 Å². The summed E-state index contributed by atoms with van der Waals surface area (Å²) in [5.74, 6) is 0.557. The molecular weight excluding hydrogens is 248 g/mol. The molecule has 1 aromatic rings. The maximum atomic E-state index is 11.4. The first-order chi connectivity index (χ1) is 8.93. The van der Waals surface area contributed by atoms with Crippen molar-refractivity contribution in [3.05, 3.63) is 23.8 Å². The van der Waals surface area contributed by atoms with E-state index in [4.69, 9.17) is 14.2 Å². The third-order valence-electron chi connectivity index (χ3n) is 2.38. The van der Waals surface area contributed by atoms with Crippen molar-refractivity contribution < 1.29 is 24.1 Å². The van der Waals surface area contributed by atoms with Crippen LogP contribution < -0.4 is 9.47 Å². The van der Waals surface area contributed by atoms with E-state index >= 15 is 0 Å². The molecule has 5 heteroatoms. The molecule has 0 saturated heterocycles. The third kappa shape index (κ3) is 4.79. The van der Waals surface area contributed by atoms with E-state index in [1.807, 2.05) is 0 Å². The second-order valence-electron chi connectivity index (χ2n) is 4.41. The Morgan fingerprint density at radius 1 is 1.32 bits per heavy atom. The highest BCUT2D eigenvalue weighted by atomic mass is 16.6. The van der Waals surface area contributed by atoms with E-state index in [-0.39, 0.29) is 12.7 Å². The summed E-state index contributed by atoms with van der Waals surface area (Å²) in [6.07, 6.45) is -0.875. The number of aliphatic hydroxyl groups excluding tert-OH is 1. The lowest BCUT2D eigenvalue weighted by molar-refractivity contribution is -0.149. The monoisotopic (exact) mass is 268 g/mol. The fourth-order valence-corrected chi connectivity index (χ4v) is 1.55. The molecule has 0 radical (unpaired) electrons. The second kappa shape index (κ2) is 6.99. The Hall–Kier alpha value is -1.75. The molecule has 1 atom stereocenters. The maximum Gasteiger partial charge on any atom is 0.344 e. The topological polar surface area (TPSA) is 65.0 Å². The highest BCUT2D eigenvalue weighted by Gasteiger charge is 2.13. The first-order valence-corrected chi connectivity index (χ1v) is 6.12. The van der Waals surface area contributed by atoms with Gasteiger partial charge in [-0.05, 0) is 32.9 Å². The zero-order valence-electron chi connectivity index (χ0n) is 11.7. The van der Waals surface area contributed by atoms with Crippen molar-refractivity contribution in [3.63, 3.8) is 0 Å². The minimum atomic E-state index is -0.693. The van der Waals surface area contributed by atoms with Crippen LogP contribution in [-0.4, -0.2) is 30.9 Å². The number of carbonyl (C=O) groups excluding carboxylic acids is 1. The smallest absolute Gasteiger partial charge is 0.344 e. The molecule has 0 spiro atoms. The second-order valence-corrected chi connectivity index (χ2v) is 4.41. The normalized spacial score (nSPS) is 12.1. The third-order valence-corrected chi connectivity index (χ3v) is 2.38. The fourth-order valence-electron chi connectivity index (χ4n) is 1.55. The minimum absolute atomic E-state index is 0.183. The summed E-state index contributed by atoms with van der Waals surface area (Å²) in [4.78, 5) is 11.4. The van der Waals surface area contributed by atoms with Crippen molar-refractivity contribution in [3.8, 4) is 11.5 Å². The predicted octanol–water partition coefficient (Wildman–Crippen LogP) is 2.08. The molecule has 0 bridgehead atoms. The highest BCUT2D eigenvalue weighted by Crippen LogP contribution is 2.29. The molecule has 1 rings (SSSR count). The van der Waals surface area contributed by atoms with E-state index < -0.39 is 12.1 Å². The van der Waals surface area contributed by atoms with Crippen molar-refractivity contribution in [2.24, 2.45) is 0 Å². The highest BCUT2D eigenvalue weighted by molar-refractivity contribution is 5.71. The first kappa shape index (κ1) is 15.3. The number of methoxy groups -OCH3 is 1. The molecule has 0 aromatic heterocycles. The SMILES string of the molecule is COc1ccc(C(C)O)c(OCC(=O)OC(C)C)c1. The molecule has 1 unspecified atom stereocenters. The number of ether oxygens (including phenoxy) is 3. The summed E-state index contributed by atoms with van der Waals surface area (Å²) in [6.45, 7) is 4.96. The Morgan fingerprint density at radius 2 is 2.00 bits per heavy atom. The van der Waals surface area contributed by atoms with E-state index in [1.165, 1.54) is 7.11 Å². The zero-order valence-corrected chi connectivity index (χ0v) is 11.7. The van der Waals surface area contributed by atoms with Crippen molar-refractivity contribution in [2.75, 3.05) is 13.7 Å². The van der Waals surface area contributed by atoms with Gasteiger partial charge < -0.3 is 19.3 Å². The Kier molecular flexibility index (Phi) is 5.63. The van der Waals surface area contributed by atoms with Crippen LogP contribution in [0.2, 0.25) is 0 Å². The lowest BCUT2D eigenvalue weighted by Crippen LogP contribution is -2.19. The number of aliphatic hydroxyl groups is 1. The van der Waals surface area contributed by atoms with Crippen molar-refractivity contribution in [1.82, 2.24) is 0 Å². The van der Waals surface area contributed by atoms with E-state index in [2.05, 4.69) is 0 Å². The van der Waals surface area contributed by atoms with Crippen LogP contribution in [-0.2, 0) is 9.53 Å². The van der Waals surface area contributed by atoms with E-state index in [0.717, 1.165) is 0 Å². The van der Waals surface area contributed by atoms with Gasteiger partial charge in [0.15, 0.2) is 6.61 Å². The quantitative estimate of drug-likeness (QED) is 0.800. The largest absolute Gasteiger partial charge is 0.497 e. The molecule has 1 N–H and O–H groups in total. The molecule has 0 heterocycles. The average Bonchev–Trinajstić information content (AvgIpc) is 2.34. The standard InChI is InChI=1S/C14H20O5/c1-9(2)19-14(16)8-18-13-7-11(17-4)5-6-12(13)10(3)15/h5-7,9-10,15H,8H2,1-4H3. The van der Waals surface area contributed by atoms with Gasteiger partial charge in [0, 0.05) is 11.6 Å². The summed E-state index contributed by atoms with van der Waals surface area (Å²) >= 11 is 0. The Balaban J connectivity index is 2.77. The number of esters is 1. The predicted molar refractivity (Wildman–Crippen MR) is 70.4 cm³/mol. The molecular formula is C14H20O5. The molecule has 1 aromatic carbocycles. The lowest BCUT2D eigenvalue weighted by atomic mass is 10.1. The van der Waals surface area contributed by atoms with Crippen molar-refractivity contribution in [1.29, 1.82) is 0 Å². The summed E-state index contributed by atoms with van der Waals surface area (Å²) in [7, 11) is 1.54. The zero-order chi connectivity index (χ0) is 14.4. The summed E-state index contributed by atoms with van der Waals surface area (Å²) in [6, 6.07) is 5.05. The van der Waals surface area contributed by atoms with Crippen molar-refractivity contribution >= 4 is 5.97 Å². The van der Waals surface area contributed by atoms with Gasteiger partial charge in [-0.1, -0.05) is 0 Å². The molecule has 0 aliphatic rings. The molecule has 0 fully saturated rings. The molecule has 106 valence electrons. The number of carbonyl (C=O) groups is 1. The van der Waals surface area contributed by atoms with Gasteiger partial charge in [-0.2, -0.15) is 0 Å². The van der Waals surface area contributed by atoms with E-state index in [0.29, 0.717) is 17.1 Å². The fraction of sp³-hybridized carbons (Fsp3) is 0.500. The Labute approximate surface area is 113 Å². The Bertz CT molecular complexity index is 426. The maximum absolute atomic E-state index is 11.4. The van der Waals surface area contributed by atoms with Crippen LogP contribution in [0, 0.1) is 0 Å². The van der Waals surface area contributed by atoms with Gasteiger partial charge in [-0.25, -0.2) is 4.79 Å². The lowest BCUT2D eigenvalue weighted by Gasteiger charge is -2.15. The van der Waals surface area contributed by atoms with Crippen LogP contribution in [0.5, 0.6) is 11.5 Å². The average molecular weight is 268 g/mol. The van der Waals surface area contributed by atoms with E-state index in [9.17, 15) is 9.90 Å². The Morgan fingerprint density at radius 3 is 2.53 bits per heavy atom. The van der Waals surface area contributed by atoms with Gasteiger partial charge in [0.05, 0.1) is 19.3 Å². The van der Waals surface area contributed by atoms with Gasteiger partial charge in [-0.3, -0.25) is 0 Å². The summed E-state index contributed by atoms with van der Waals surface area (Å²) in [5.41, 5.74) is 0.596. The van der Waals surface area contributed by atoms with Crippen LogP contribution in [0.15, 0.2) is 18.2 Å². The molecule has 0 saturated carbocycles. The number of rotatable bonds is 6. The molecule has 0 aliphatic carbocycles. The van der Waals surface area contributed by atoms with Crippen LogP contribution in [0.4, 0.5) is 0 Å². The molecule has 0 amide bonds.